The van der Waals surface area contributed by atoms with E-state index >= 15 is 0 Å². The standard InChI is InChI=1S/C23H28N4OS/c1-6-15(2)19-12-8-9-13-20(19)24-22(28)17(4)29-23-26-25-18(5)27(23)21-14-10-7-11-16(21)3/h7-15,17H,6H2,1-5H3,(H,24,28). The molecule has 0 spiro atoms. The van der Waals surface area contributed by atoms with Crippen molar-refractivity contribution < 1.29 is 4.79 Å². The maximum atomic E-state index is 12.9. The van der Waals surface area contributed by atoms with Crippen molar-refractivity contribution in [2.24, 2.45) is 0 Å². The number of hydrogen-bond donors (Lipinski definition) is 1. The quantitative estimate of drug-likeness (QED) is 0.523. The Morgan fingerprint density at radius 1 is 1.07 bits per heavy atom. The molecule has 3 aromatic rings. The van der Waals surface area contributed by atoms with Gasteiger partial charge in [-0.15, -0.1) is 10.2 Å². The number of hydrogen-bond acceptors (Lipinski definition) is 4. The topological polar surface area (TPSA) is 59.8 Å². The summed E-state index contributed by atoms with van der Waals surface area (Å²) in [6.07, 6.45) is 1.02. The van der Waals surface area contributed by atoms with E-state index < -0.39 is 0 Å². The number of thioether (sulfide) groups is 1. The molecule has 6 heteroatoms. The molecular formula is C23H28N4OS. The zero-order valence-electron chi connectivity index (χ0n) is 17.6. The smallest absolute Gasteiger partial charge is 0.237 e. The van der Waals surface area contributed by atoms with Gasteiger partial charge in [0.15, 0.2) is 5.16 Å². The molecule has 0 radical (unpaired) electrons. The monoisotopic (exact) mass is 408 g/mol. The SMILES string of the molecule is CCC(C)c1ccccc1NC(=O)C(C)Sc1nnc(C)n1-c1ccccc1C. The van der Waals surface area contributed by atoms with Gasteiger partial charge in [-0.25, -0.2) is 0 Å². The largest absolute Gasteiger partial charge is 0.325 e. The Kier molecular flexibility index (Phi) is 6.75. The van der Waals surface area contributed by atoms with Crippen molar-refractivity contribution in [2.45, 2.75) is 57.4 Å². The van der Waals surface area contributed by atoms with Crippen LogP contribution in [0.15, 0.2) is 53.7 Å². The Morgan fingerprint density at radius 2 is 1.76 bits per heavy atom. The molecule has 0 aliphatic rings. The first kappa shape index (κ1) is 21.1. The van der Waals surface area contributed by atoms with Gasteiger partial charge in [0.25, 0.3) is 0 Å². The second-order valence-electron chi connectivity index (χ2n) is 7.30. The third kappa shape index (κ3) is 4.70. The molecule has 0 bridgehead atoms. The molecule has 0 aliphatic carbocycles. The van der Waals surface area contributed by atoms with Crippen LogP contribution in [0, 0.1) is 13.8 Å². The van der Waals surface area contributed by atoms with Crippen LogP contribution in [0.4, 0.5) is 5.69 Å². The van der Waals surface area contributed by atoms with Crippen LogP contribution in [0.25, 0.3) is 5.69 Å². The summed E-state index contributed by atoms with van der Waals surface area (Å²) in [6, 6.07) is 16.1. The fraction of sp³-hybridized carbons (Fsp3) is 0.348. The molecule has 2 atom stereocenters. The van der Waals surface area contributed by atoms with Crippen molar-refractivity contribution in [3.05, 3.63) is 65.5 Å². The molecule has 3 rings (SSSR count). The van der Waals surface area contributed by atoms with Crippen LogP contribution in [0.2, 0.25) is 0 Å². The Morgan fingerprint density at radius 3 is 2.48 bits per heavy atom. The Hall–Kier alpha value is -2.60. The number of para-hydroxylation sites is 2. The van der Waals surface area contributed by atoms with Gasteiger partial charge in [0, 0.05) is 5.69 Å². The molecule has 0 saturated heterocycles. The van der Waals surface area contributed by atoms with E-state index in [0.717, 1.165) is 34.3 Å². The van der Waals surface area contributed by atoms with Crippen molar-refractivity contribution in [1.29, 1.82) is 0 Å². The van der Waals surface area contributed by atoms with Gasteiger partial charge in [0.2, 0.25) is 5.91 Å². The normalized spacial score (nSPS) is 13.1. The summed E-state index contributed by atoms with van der Waals surface area (Å²) >= 11 is 1.42. The molecule has 0 fully saturated rings. The average molecular weight is 409 g/mol. The second kappa shape index (κ2) is 9.27. The molecular weight excluding hydrogens is 380 g/mol. The van der Waals surface area contributed by atoms with Crippen LogP contribution < -0.4 is 5.32 Å². The maximum absolute atomic E-state index is 12.9. The number of aromatic nitrogens is 3. The summed E-state index contributed by atoms with van der Waals surface area (Å²) in [7, 11) is 0. The van der Waals surface area contributed by atoms with E-state index in [1.807, 2.05) is 54.8 Å². The fourth-order valence-corrected chi connectivity index (χ4v) is 4.12. The minimum absolute atomic E-state index is 0.0391. The van der Waals surface area contributed by atoms with Gasteiger partial charge in [-0.3, -0.25) is 9.36 Å². The molecule has 1 amide bonds. The van der Waals surface area contributed by atoms with Gasteiger partial charge in [0.1, 0.15) is 5.82 Å². The zero-order chi connectivity index (χ0) is 21.0. The third-order valence-electron chi connectivity index (χ3n) is 5.16. The Labute approximate surface area is 176 Å². The lowest BCUT2D eigenvalue weighted by Gasteiger charge is -2.18. The van der Waals surface area contributed by atoms with Crippen molar-refractivity contribution >= 4 is 23.4 Å². The van der Waals surface area contributed by atoms with Crippen LogP contribution in [-0.4, -0.2) is 25.9 Å². The van der Waals surface area contributed by atoms with Gasteiger partial charge in [0.05, 0.1) is 10.9 Å². The van der Waals surface area contributed by atoms with E-state index in [4.69, 9.17) is 0 Å². The molecule has 2 unspecified atom stereocenters. The zero-order valence-corrected chi connectivity index (χ0v) is 18.5. The van der Waals surface area contributed by atoms with Gasteiger partial charge < -0.3 is 5.32 Å². The van der Waals surface area contributed by atoms with Gasteiger partial charge in [-0.05, 0) is 56.4 Å². The minimum Gasteiger partial charge on any atom is -0.325 e. The number of amides is 1. The third-order valence-corrected chi connectivity index (χ3v) is 6.21. The van der Waals surface area contributed by atoms with Crippen LogP contribution in [0.5, 0.6) is 0 Å². The van der Waals surface area contributed by atoms with E-state index in [9.17, 15) is 4.79 Å². The Balaban J connectivity index is 1.80. The van der Waals surface area contributed by atoms with Crippen molar-refractivity contribution in [2.75, 3.05) is 5.32 Å². The highest BCUT2D eigenvalue weighted by Gasteiger charge is 2.21. The van der Waals surface area contributed by atoms with Gasteiger partial charge in [-0.1, -0.05) is 62.0 Å². The number of aryl methyl sites for hydroxylation is 2. The number of rotatable bonds is 7. The summed E-state index contributed by atoms with van der Waals surface area (Å²) in [4.78, 5) is 12.9. The molecule has 29 heavy (non-hydrogen) atoms. The molecule has 1 heterocycles. The maximum Gasteiger partial charge on any atom is 0.237 e. The number of anilines is 1. The lowest BCUT2D eigenvalue weighted by molar-refractivity contribution is -0.115. The predicted molar refractivity (Wildman–Crippen MR) is 120 cm³/mol. The van der Waals surface area contributed by atoms with Crippen LogP contribution in [-0.2, 0) is 4.79 Å². The fourth-order valence-electron chi connectivity index (χ4n) is 3.22. The molecule has 2 aromatic carbocycles. The van der Waals surface area contributed by atoms with E-state index in [2.05, 4.69) is 48.4 Å². The summed E-state index contributed by atoms with van der Waals surface area (Å²) in [6.45, 7) is 10.2. The molecule has 1 N–H and O–H groups in total. The second-order valence-corrected chi connectivity index (χ2v) is 8.61. The number of carbonyl (C=O) groups is 1. The lowest BCUT2D eigenvalue weighted by Crippen LogP contribution is -2.23. The Bertz CT molecular complexity index is 998. The first-order valence-electron chi connectivity index (χ1n) is 9.96. The lowest BCUT2D eigenvalue weighted by atomic mass is 9.97. The number of benzene rings is 2. The molecule has 152 valence electrons. The average Bonchev–Trinajstić information content (AvgIpc) is 3.08. The molecule has 1 aromatic heterocycles. The van der Waals surface area contributed by atoms with E-state index in [0.29, 0.717) is 5.92 Å². The summed E-state index contributed by atoms with van der Waals surface area (Å²) in [5.74, 6) is 1.15. The first-order chi connectivity index (χ1) is 13.9. The first-order valence-corrected chi connectivity index (χ1v) is 10.8. The van der Waals surface area contributed by atoms with Crippen molar-refractivity contribution in [1.82, 2.24) is 14.8 Å². The molecule has 0 aliphatic heterocycles. The minimum atomic E-state index is -0.314. The highest BCUT2D eigenvalue weighted by molar-refractivity contribution is 8.00. The van der Waals surface area contributed by atoms with Gasteiger partial charge in [-0.2, -0.15) is 0 Å². The van der Waals surface area contributed by atoms with E-state index in [1.54, 1.807) is 0 Å². The van der Waals surface area contributed by atoms with Crippen LogP contribution in [0.1, 0.15) is 50.1 Å². The van der Waals surface area contributed by atoms with Crippen molar-refractivity contribution in [3.8, 4) is 5.69 Å². The molecule has 0 saturated carbocycles. The highest BCUT2D eigenvalue weighted by atomic mass is 32.2. The molecule has 5 nitrogen and oxygen atoms in total. The van der Waals surface area contributed by atoms with Crippen LogP contribution in [0.3, 0.4) is 0 Å². The van der Waals surface area contributed by atoms with E-state index in [1.165, 1.54) is 17.3 Å². The number of nitrogens with one attached hydrogen (secondary N) is 1. The highest BCUT2D eigenvalue weighted by Crippen LogP contribution is 2.30. The van der Waals surface area contributed by atoms with Gasteiger partial charge >= 0.3 is 0 Å². The predicted octanol–water partition coefficient (Wildman–Crippen LogP) is 5.52. The van der Waals surface area contributed by atoms with Crippen molar-refractivity contribution in [3.63, 3.8) is 0 Å². The summed E-state index contributed by atoms with van der Waals surface area (Å²) < 4.78 is 2.01. The number of nitrogens with zero attached hydrogens (tertiary/aromatic N) is 3. The number of carbonyl (C=O) groups excluding carboxylic acids is 1. The van der Waals surface area contributed by atoms with E-state index in [-0.39, 0.29) is 11.2 Å². The summed E-state index contributed by atoms with van der Waals surface area (Å²) in [5, 5.41) is 12.1. The van der Waals surface area contributed by atoms with Crippen LogP contribution >= 0.6 is 11.8 Å². The summed E-state index contributed by atoms with van der Waals surface area (Å²) in [5.41, 5.74) is 4.22.